The van der Waals surface area contributed by atoms with Crippen molar-refractivity contribution in [3.05, 3.63) is 22.8 Å². The van der Waals surface area contributed by atoms with Crippen LogP contribution in [0.25, 0.3) is 0 Å². The van der Waals surface area contributed by atoms with Crippen molar-refractivity contribution < 1.29 is 24.5 Å². The molecule has 0 spiro atoms. The van der Waals surface area contributed by atoms with Crippen LogP contribution < -0.4 is 0 Å². The molecule has 1 aliphatic heterocycles. The van der Waals surface area contributed by atoms with Gasteiger partial charge in [0.15, 0.2) is 5.78 Å². The van der Waals surface area contributed by atoms with E-state index in [1.54, 1.807) is 6.92 Å². The predicted octanol–water partition coefficient (Wildman–Crippen LogP) is 5.14. The van der Waals surface area contributed by atoms with Gasteiger partial charge in [0.2, 0.25) is 0 Å². The molecule has 0 amide bonds. The summed E-state index contributed by atoms with van der Waals surface area (Å²) >= 11 is 0. The minimum atomic E-state index is -0.634. The summed E-state index contributed by atoms with van der Waals surface area (Å²) in [5.41, 5.74) is 1.50. The number of esters is 1. The van der Waals surface area contributed by atoms with Crippen molar-refractivity contribution in [2.75, 3.05) is 0 Å². The number of fused-ring (bicyclic) bond motifs is 4. The first-order valence-corrected chi connectivity index (χ1v) is 13.7. The smallest absolute Gasteiger partial charge is 0.334 e. The third-order valence-corrected chi connectivity index (χ3v) is 11.9. The van der Waals surface area contributed by atoms with Crippen LogP contribution in [-0.2, 0) is 14.3 Å². The van der Waals surface area contributed by atoms with E-state index in [0.717, 1.165) is 36.8 Å². The SMILES string of the molecule is CC1=C[C@@H](C[C@@H](C)[C@H]2CC[C@@]3(C)C4=C([C@H](O)C[C@]23C)[C@@]2(C)CC[C@@H](O)C(C)(C)C2CC4=O)OC1=O. The predicted molar refractivity (Wildman–Crippen MR) is 134 cm³/mol. The highest BCUT2D eigenvalue weighted by molar-refractivity contribution is 6.00. The summed E-state index contributed by atoms with van der Waals surface area (Å²) in [6, 6.07) is 0. The number of ketones is 1. The van der Waals surface area contributed by atoms with Crippen LogP contribution in [0.4, 0.5) is 0 Å². The average Bonchev–Trinajstić information content (AvgIpc) is 3.21. The molecular weight excluding hydrogens is 440 g/mol. The molecule has 0 aromatic carbocycles. The number of Topliss-reactive ketones (excluding diaryl/α,β-unsaturated/α-hetero) is 1. The van der Waals surface area contributed by atoms with E-state index < -0.39 is 12.2 Å². The molecule has 2 N–H and O–H groups in total. The van der Waals surface area contributed by atoms with E-state index in [9.17, 15) is 19.8 Å². The van der Waals surface area contributed by atoms with Crippen molar-refractivity contribution in [3.63, 3.8) is 0 Å². The molecule has 5 nitrogen and oxygen atoms in total. The molecule has 5 aliphatic rings. The Kier molecular flexibility index (Phi) is 5.60. The number of ether oxygens (including phenoxy) is 1. The Balaban J connectivity index is 1.52. The second-order valence-corrected chi connectivity index (χ2v) is 13.9. The Morgan fingerprint density at radius 1 is 1.09 bits per heavy atom. The zero-order valence-corrected chi connectivity index (χ0v) is 22.6. The first kappa shape index (κ1) is 25.2. The Bertz CT molecular complexity index is 1020. The molecule has 2 fully saturated rings. The first-order chi connectivity index (χ1) is 16.2. The fourth-order valence-electron chi connectivity index (χ4n) is 9.64. The average molecular weight is 485 g/mol. The van der Waals surface area contributed by atoms with Gasteiger partial charge in [0.25, 0.3) is 0 Å². The van der Waals surface area contributed by atoms with Gasteiger partial charge in [0, 0.05) is 23.0 Å². The van der Waals surface area contributed by atoms with Crippen LogP contribution in [0.2, 0.25) is 0 Å². The van der Waals surface area contributed by atoms with Gasteiger partial charge in [-0.3, -0.25) is 4.79 Å². The number of aliphatic hydroxyl groups is 2. The molecule has 1 unspecified atom stereocenters. The maximum Gasteiger partial charge on any atom is 0.334 e. The first-order valence-electron chi connectivity index (χ1n) is 13.7. The molecule has 0 bridgehead atoms. The Morgan fingerprint density at radius 3 is 2.40 bits per heavy atom. The van der Waals surface area contributed by atoms with E-state index in [-0.39, 0.29) is 45.4 Å². The lowest BCUT2D eigenvalue weighted by Gasteiger charge is -2.62. The topological polar surface area (TPSA) is 83.8 Å². The molecular formula is C30H44O5. The van der Waals surface area contributed by atoms with E-state index in [2.05, 4.69) is 41.5 Å². The lowest BCUT2D eigenvalue weighted by atomic mass is 9.42. The third kappa shape index (κ3) is 3.26. The zero-order chi connectivity index (χ0) is 25.7. The molecule has 0 saturated heterocycles. The van der Waals surface area contributed by atoms with Crippen molar-refractivity contribution >= 4 is 11.8 Å². The maximum atomic E-state index is 14.0. The van der Waals surface area contributed by atoms with E-state index in [0.29, 0.717) is 36.7 Å². The summed E-state index contributed by atoms with van der Waals surface area (Å²) in [6.45, 7) is 15.1. The molecule has 0 aromatic rings. The van der Waals surface area contributed by atoms with Gasteiger partial charge in [-0.15, -0.1) is 0 Å². The molecule has 5 rings (SSSR count). The molecule has 9 atom stereocenters. The van der Waals surface area contributed by atoms with Crippen LogP contribution in [0.1, 0.15) is 93.4 Å². The van der Waals surface area contributed by atoms with Crippen LogP contribution in [0, 0.1) is 39.4 Å². The van der Waals surface area contributed by atoms with Crippen LogP contribution in [0.5, 0.6) is 0 Å². The highest BCUT2D eigenvalue weighted by Gasteiger charge is 2.67. The van der Waals surface area contributed by atoms with Crippen molar-refractivity contribution in [1.29, 1.82) is 0 Å². The highest BCUT2D eigenvalue weighted by atomic mass is 16.5. The number of aliphatic hydroxyl groups excluding tert-OH is 2. The molecule has 2 saturated carbocycles. The van der Waals surface area contributed by atoms with Gasteiger partial charge in [-0.2, -0.15) is 0 Å². The molecule has 1 heterocycles. The number of carbonyl (C=O) groups excluding carboxylic acids is 2. The Hall–Kier alpha value is -1.46. The monoisotopic (exact) mass is 484 g/mol. The Labute approximate surface area is 210 Å². The van der Waals surface area contributed by atoms with Crippen molar-refractivity contribution in [3.8, 4) is 0 Å². The van der Waals surface area contributed by atoms with Crippen LogP contribution >= 0.6 is 0 Å². The summed E-state index contributed by atoms with van der Waals surface area (Å²) < 4.78 is 5.56. The summed E-state index contributed by atoms with van der Waals surface area (Å²) in [7, 11) is 0. The van der Waals surface area contributed by atoms with Crippen LogP contribution in [0.15, 0.2) is 22.8 Å². The number of allylic oxidation sites excluding steroid dienone is 1. The fourth-order valence-corrected chi connectivity index (χ4v) is 9.64. The maximum absolute atomic E-state index is 14.0. The Morgan fingerprint density at radius 2 is 1.77 bits per heavy atom. The summed E-state index contributed by atoms with van der Waals surface area (Å²) in [6.07, 6.45) is 6.09. The number of rotatable bonds is 3. The standard InChI is InChI=1S/C30H44O5/c1-16(12-18-13-17(2)26(34)35-18)19-8-11-29(6)25-20(31)14-22-27(3,4)23(33)9-10-28(22,5)24(25)21(32)15-30(19,29)7/h13,16,18-19,21-23,32-33H,8-12,14-15H2,1-7H3/t16-,18-,19-,21-,22?,23-,28+,29+,30-/m1/s1. The minimum absolute atomic E-state index is 0.0378. The normalized spacial score (nSPS) is 47.6. The number of cyclic esters (lactones) is 1. The molecule has 0 aromatic heterocycles. The van der Waals surface area contributed by atoms with Crippen LogP contribution in [0.3, 0.4) is 0 Å². The quantitative estimate of drug-likeness (QED) is 0.542. The third-order valence-electron chi connectivity index (χ3n) is 11.9. The van der Waals surface area contributed by atoms with Gasteiger partial charge >= 0.3 is 5.97 Å². The molecule has 35 heavy (non-hydrogen) atoms. The van der Waals surface area contributed by atoms with E-state index in [4.69, 9.17) is 4.74 Å². The number of hydrogen-bond acceptors (Lipinski definition) is 5. The van der Waals surface area contributed by atoms with E-state index >= 15 is 0 Å². The van der Waals surface area contributed by atoms with Gasteiger partial charge in [0.1, 0.15) is 6.10 Å². The molecule has 194 valence electrons. The van der Waals surface area contributed by atoms with E-state index in [1.807, 2.05) is 6.08 Å². The number of hydrogen-bond donors (Lipinski definition) is 2. The second kappa shape index (κ2) is 7.77. The minimum Gasteiger partial charge on any atom is -0.455 e. The summed E-state index contributed by atoms with van der Waals surface area (Å²) in [5.74, 6) is 0.655. The highest BCUT2D eigenvalue weighted by Crippen LogP contribution is 2.71. The molecule has 0 radical (unpaired) electrons. The summed E-state index contributed by atoms with van der Waals surface area (Å²) in [5, 5.41) is 22.6. The van der Waals surface area contributed by atoms with Crippen LogP contribution in [-0.4, -0.2) is 40.3 Å². The van der Waals surface area contributed by atoms with Gasteiger partial charge in [-0.1, -0.05) is 41.5 Å². The zero-order valence-electron chi connectivity index (χ0n) is 22.6. The fraction of sp³-hybridized carbons (Fsp3) is 0.800. The second-order valence-electron chi connectivity index (χ2n) is 13.9. The summed E-state index contributed by atoms with van der Waals surface area (Å²) in [4.78, 5) is 25.9. The van der Waals surface area contributed by atoms with Gasteiger partial charge in [0.05, 0.1) is 12.2 Å². The largest absolute Gasteiger partial charge is 0.455 e. The van der Waals surface area contributed by atoms with Crippen molar-refractivity contribution in [1.82, 2.24) is 0 Å². The lowest BCUT2D eigenvalue weighted by Crippen LogP contribution is -2.59. The lowest BCUT2D eigenvalue weighted by molar-refractivity contribution is -0.141. The van der Waals surface area contributed by atoms with Gasteiger partial charge in [-0.25, -0.2) is 4.79 Å². The van der Waals surface area contributed by atoms with Crippen molar-refractivity contribution in [2.45, 2.75) is 112 Å². The molecule has 4 aliphatic carbocycles. The van der Waals surface area contributed by atoms with Crippen molar-refractivity contribution in [2.24, 2.45) is 39.4 Å². The number of carbonyl (C=O) groups is 2. The van der Waals surface area contributed by atoms with E-state index in [1.165, 1.54) is 0 Å². The van der Waals surface area contributed by atoms with Gasteiger partial charge in [-0.05, 0) is 91.1 Å². The van der Waals surface area contributed by atoms with Gasteiger partial charge < -0.3 is 14.9 Å². The molecule has 5 heteroatoms.